The van der Waals surface area contributed by atoms with E-state index in [9.17, 15) is 0 Å². The normalized spacial score (nSPS) is 16.5. The molecular weight excluding hydrogens is 796 g/mol. The number of hydrogen-bond acceptors (Lipinski definition) is 11. The summed E-state index contributed by atoms with van der Waals surface area (Å²) in [5.41, 5.74) is 5.14. The fraction of sp³-hybridized carbons (Fsp3) is 0.500. The summed E-state index contributed by atoms with van der Waals surface area (Å²) in [5, 5.41) is 9.02. The highest BCUT2D eigenvalue weighted by molar-refractivity contribution is 7.44. The number of rotatable bonds is 23. The first-order chi connectivity index (χ1) is 30.2. The topological polar surface area (TPSA) is 86.1 Å². The molecule has 1 unspecified atom stereocenters. The predicted molar refractivity (Wildman–Crippen MR) is 249 cm³/mol. The highest BCUT2D eigenvalue weighted by Gasteiger charge is 2.38. The summed E-state index contributed by atoms with van der Waals surface area (Å²) in [7, 11) is 2.19. The smallest absolute Gasteiger partial charge is 0.259 e. The average Bonchev–Trinajstić information content (AvgIpc) is 3.29. The Kier molecular flexibility index (Phi) is 18.6. The van der Waals surface area contributed by atoms with Gasteiger partial charge in [-0.3, -0.25) is 19.6 Å². The van der Waals surface area contributed by atoms with Crippen molar-refractivity contribution >= 4 is 8.53 Å². The third-order valence-electron chi connectivity index (χ3n) is 11.9. The molecule has 0 amide bonds. The van der Waals surface area contributed by atoms with Gasteiger partial charge in [-0.25, -0.2) is 4.67 Å². The molecule has 0 saturated carbocycles. The highest BCUT2D eigenvalue weighted by Crippen LogP contribution is 2.46. The number of piperazine rings is 2. The molecule has 2 saturated heterocycles. The van der Waals surface area contributed by atoms with Crippen molar-refractivity contribution in [1.82, 2.24) is 24.3 Å². The molecule has 4 aromatic carbocycles. The van der Waals surface area contributed by atoms with Crippen LogP contribution in [0.5, 0.6) is 11.5 Å². The molecule has 0 aromatic heterocycles. The van der Waals surface area contributed by atoms with Crippen LogP contribution in [-0.4, -0.2) is 136 Å². The van der Waals surface area contributed by atoms with Gasteiger partial charge < -0.3 is 23.3 Å². The molecule has 2 fully saturated rings. The third-order valence-corrected chi connectivity index (χ3v) is 14.0. The molecule has 0 aliphatic carbocycles. The van der Waals surface area contributed by atoms with Crippen molar-refractivity contribution < 1.29 is 23.3 Å². The first kappa shape index (κ1) is 47.6. The molecule has 11 nitrogen and oxygen atoms in total. The lowest BCUT2D eigenvalue weighted by atomic mass is 9.80. The fourth-order valence-electron chi connectivity index (χ4n) is 8.65. The highest BCUT2D eigenvalue weighted by atomic mass is 31.2. The first-order valence-corrected chi connectivity index (χ1v) is 23.5. The van der Waals surface area contributed by atoms with Gasteiger partial charge in [-0.15, -0.1) is 0 Å². The van der Waals surface area contributed by atoms with Crippen LogP contribution in [-0.2, 0) is 32.5 Å². The Labute approximate surface area is 373 Å². The van der Waals surface area contributed by atoms with Gasteiger partial charge in [-0.1, -0.05) is 78.9 Å². The maximum absolute atomic E-state index is 9.02. The number of nitrogens with zero attached hydrogens (tertiary/aromatic N) is 6. The van der Waals surface area contributed by atoms with Gasteiger partial charge in [0.1, 0.15) is 17.1 Å². The lowest BCUT2D eigenvalue weighted by Crippen LogP contribution is -2.47. The van der Waals surface area contributed by atoms with Gasteiger partial charge in [0.15, 0.2) is 0 Å². The van der Waals surface area contributed by atoms with E-state index in [0.717, 1.165) is 107 Å². The Morgan fingerprint density at radius 1 is 0.581 bits per heavy atom. The Balaban J connectivity index is 0.970. The largest absolute Gasteiger partial charge is 0.497 e. The van der Waals surface area contributed by atoms with Crippen LogP contribution >= 0.6 is 8.53 Å². The Morgan fingerprint density at radius 2 is 1.03 bits per heavy atom. The molecule has 2 aliphatic heterocycles. The number of nitriles is 1. The summed E-state index contributed by atoms with van der Waals surface area (Å²) < 4.78 is 32.9. The van der Waals surface area contributed by atoms with E-state index in [-0.39, 0.29) is 0 Å². The maximum atomic E-state index is 9.02. The van der Waals surface area contributed by atoms with Crippen molar-refractivity contribution in [3.63, 3.8) is 0 Å². The van der Waals surface area contributed by atoms with E-state index in [1.165, 1.54) is 11.1 Å². The summed E-state index contributed by atoms with van der Waals surface area (Å²) in [5.74, 6) is 1.63. The number of hydrogen-bond donors (Lipinski definition) is 0. The van der Waals surface area contributed by atoms with E-state index in [1.54, 1.807) is 14.2 Å². The minimum absolute atomic E-state index is 0.304. The van der Waals surface area contributed by atoms with Gasteiger partial charge in [0.05, 0.1) is 46.5 Å². The predicted octanol–water partition coefficient (Wildman–Crippen LogP) is 8.24. The molecular formula is C50H69N6O5P. The summed E-state index contributed by atoms with van der Waals surface area (Å²) >= 11 is 0. The molecule has 4 aromatic rings. The van der Waals surface area contributed by atoms with Crippen LogP contribution in [0, 0.1) is 11.3 Å². The summed E-state index contributed by atoms with van der Waals surface area (Å²) in [6.07, 6.45) is 0.377. The Hall–Kier alpha value is -3.92. The van der Waals surface area contributed by atoms with Crippen LogP contribution < -0.4 is 9.47 Å². The second-order valence-corrected chi connectivity index (χ2v) is 18.2. The van der Waals surface area contributed by atoms with E-state index in [2.05, 4.69) is 137 Å². The van der Waals surface area contributed by atoms with Crippen molar-refractivity contribution in [2.75, 3.05) is 99.5 Å². The van der Waals surface area contributed by atoms with E-state index < -0.39 is 14.1 Å². The maximum Gasteiger partial charge on any atom is 0.259 e. The van der Waals surface area contributed by atoms with Crippen molar-refractivity contribution in [2.45, 2.75) is 64.9 Å². The van der Waals surface area contributed by atoms with Gasteiger partial charge in [0.25, 0.3) is 8.53 Å². The summed E-state index contributed by atoms with van der Waals surface area (Å²) in [6.45, 7) is 22.2. The van der Waals surface area contributed by atoms with Gasteiger partial charge in [-0.2, -0.15) is 5.26 Å². The minimum Gasteiger partial charge on any atom is -0.497 e. The molecule has 0 radical (unpaired) electrons. The first-order valence-electron chi connectivity index (χ1n) is 22.4. The van der Waals surface area contributed by atoms with E-state index >= 15 is 0 Å². The van der Waals surface area contributed by atoms with Crippen LogP contribution in [0.25, 0.3) is 0 Å². The molecule has 0 bridgehead atoms. The number of benzene rings is 4. The lowest BCUT2D eigenvalue weighted by molar-refractivity contribution is -0.00535. The number of methoxy groups -OCH3 is 2. The summed E-state index contributed by atoms with van der Waals surface area (Å²) in [6, 6.07) is 39.0. The number of ether oxygens (including phenoxy) is 3. The fourth-order valence-corrected chi connectivity index (χ4v) is 10.2. The standard InChI is InChI=1S/C50H69N6O5P/c1-41(2)56(42(3)4)62(60-35-11-24-51)61-37-34-53-27-31-55(32-28-53)40-44-13-10-12-43(38-44)39-54-29-25-52(26-30-54)33-36-59-50(45-14-8-7-9-15-45,46-16-20-48(57-5)21-17-46)47-18-22-49(58-6)23-19-47/h7-10,12-23,38,41-42H,11,25-37,39-40H2,1-6H3. The van der Waals surface area contributed by atoms with Crippen LogP contribution in [0.4, 0.5) is 0 Å². The molecule has 2 heterocycles. The molecule has 334 valence electrons. The molecule has 1 atom stereocenters. The molecule has 6 rings (SSSR count). The van der Waals surface area contributed by atoms with E-state index in [1.807, 2.05) is 24.3 Å². The minimum atomic E-state index is -1.20. The second kappa shape index (κ2) is 24.2. The zero-order valence-electron chi connectivity index (χ0n) is 38.0. The zero-order valence-corrected chi connectivity index (χ0v) is 38.8. The van der Waals surface area contributed by atoms with Gasteiger partial charge >= 0.3 is 0 Å². The Bertz CT molecular complexity index is 1870. The molecule has 0 N–H and O–H groups in total. The molecule has 12 heteroatoms. The van der Waals surface area contributed by atoms with Crippen molar-refractivity contribution in [1.29, 1.82) is 5.26 Å². The van der Waals surface area contributed by atoms with Crippen molar-refractivity contribution in [2.24, 2.45) is 0 Å². The van der Waals surface area contributed by atoms with Crippen LogP contribution in [0.1, 0.15) is 61.9 Å². The molecule has 2 aliphatic rings. The molecule has 0 spiro atoms. The summed E-state index contributed by atoms with van der Waals surface area (Å²) in [4.78, 5) is 10.2. The second-order valence-electron chi connectivity index (χ2n) is 16.8. The van der Waals surface area contributed by atoms with Crippen LogP contribution in [0.15, 0.2) is 103 Å². The van der Waals surface area contributed by atoms with Gasteiger partial charge in [-0.05, 0) is 79.8 Å². The van der Waals surface area contributed by atoms with E-state index in [4.69, 9.17) is 28.5 Å². The van der Waals surface area contributed by atoms with Gasteiger partial charge in [0, 0.05) is 90.6 Å². The lowest BCUT2D eigenvalue weighted by Gasteiger charge is -2.38. The monoisotopic (exact) mass is 865 g/mol. The van der Waals surface area contributed by atoms with Crippen molar-refractivity contribution in [3.8, 4) is 17.6 Å². The van der Waals surface area contributed by atoms with E-state index in [0.29, 0.717) is 38.3 Å². The van der Waals surface area contributed by atoms with Crippen LogP contribution in [0.2, 0.25) is 0 Å². The molecule has 62 heavy (non-hydrogen) atoms. The quantitative estimate of drug-likeness (QED) is 0.0411. The van der Waals surface area contributed by atoms with Gasteiger partial charge in [0.2, 0.25) is 0 Å². The third kappa shape index (κ3) is 13.1. The van der Waals surface area contributed by atoms with Crippen LogP contribution in [0.3, 0.4) is 0 Å². The Morgan fingerprint density at radius 3 is 1.50 bits per heavy atom. The van der Waals surface area contributed by atoms with Crippen molar-refractivity contribution in [3.05, 3.63) is 131 Å². The zero-order chi connectivity index (χ0) is 43.7. The SMILES string of the molecule is COc1ccc(C(OCCN2CCN(Cc3cccc(CN4CCN(CCOP(OCCC#N)N(C(C)C)C(C)C)CC4)c3)CC2)(c2ccccc2)c2ccc(OC)cc2)cc1. The average molecular weight is 865 g/mol.